The number of rotatable bonds is 2. The number of furan rings is 1. The van der Waals surface area contributed by atoms with Gasteiger partial charge in [-0.1, -0.05) is 33.1 Å². The van der Waals surface area contributed by atoms with E-state index in [2.05, 4.69) is 19.2 Å². The van der Waals surface area contributed by atoms with Gasteiger partial charge in [-0.25, -0.2) is 0 Å². The van der Waals surface area contributed by atoms with Gasteiger partial charge in [0, 0.05) is 29.0 Å². The Bertz CT molecular complexity index is 987. The number of aliphatic hydroxyl groups is 1. The molecule has 5 heteroatoms. The number of aliphatic hydroxyl groups excluding tert-OH is 1. The van der Waals surface area contributed by atoms with Crippen LogP contribution in [0.1, 0.15) is 99.4 Å². The molecule has 2 N–H and O–H groups in total. The first-order valence-corrected chi connectivity index (χ1v) is 12.1. The van der Waals surface area contributed by atoms with Crippen LogP contribution in [0.4, 0.5) is 0 Å². The second-order valence-corrected chi connectivity index (χ2v) is 10.3. The zero-order valence-corrected chi connectivity index (χ0v) is 19.0. The molecule has 1 aromatic heterocycles. The Balaban J connectivity index is 1.47. The van der Waals surface area contributed by atoms with E-state index in [0.717, 1.165) is 60.8 Å². The van der Waals surface area contributed by atoms with Crippen LogP contribution in [0, 0.1) is 18.8 Å². The molecule has 2 aromatic rings. The zero-order chi connectivity index (χ0) is 21.8. The summed E-state index contributed by atoms with van der Waals surface area (Å²) >= 11 is 0. The molecule has 0 saturated heterocycles. The molecular formula is C26H35NO4. The summed E-state index contributed by atoms with van der Waals surface area (Å²) in [5, 5.41) is 15.2. The van der Waals surface area contributed by atoms with Gasteiger partial charge in [0.05, 0.1) is 6.10 Å². The van der Waals surface area contributed by atoms with Crippen molar-refractivity contribution >= 4 is 16.9 Å². The highest BCUT2D eigenvalue weighted by Crippen LogP contribution is 2.49. The minimum absolute atomic E-state index is 0.150. The standard InChI is InChI=1S/C26H35NO4/c1-15-8-7-9-18(16(15)2)27-25(29)24-17(3)22-20(30-24)10-11-21-23(22)19(28)14-26(31-21)12-5-4-6-13-26/h10-11,15-16,18-19,28H,4-9,12-14H2,1-3H3,(H,27,29). The highest BCUT2D eigenvalue weighted by Gasteiger charge is 2.42. The molecule has 4 atom stereocenters. The number of fused-ring (bicyclic) bond motifs is 3. The monoisotopic (exact) mass is 425 g/mol. The smallest absolute Gasteiger partial charge is 0.287 e. The largest absolute Gasteiger partial charge is 0.487 e. The number of ether oxygens (including phenoxy) is 1. The molecule has 1 amide bonds. The number of hydrogen-bond acceptors (Lipinski definition) is 4. The molecule has 1 aliphatic heterocycles. The second kappa shape index (κ2) is 7.84. The molecule has 1 spiro atoms. The number of hydrogen-bond donors (Lipinski definition) is 2. The third kappa shape index (κ3) is 3.55. The quantitative estimate of drug-likeness (QED) is 0.636. The Hall–Kier alpha value is -2.01. The van der Waals surface area contributed by atoms with E-state index in [4.69, 9.17) is 9.15 Å². The fourth-order valence-corrected chi connectivity index (χ4v) is 6.24. The molecule has 0 radical (unpaired) electrons. The van der Waals surface area contributed by atoms with Crippen molar-refractivity contribution in [1.29, 1.82) is 0 Å². The average Bonchev–Trinajstić information content (AvgIpc) is 3.08. The van der Waals surface area contributed by atoms with E-state index < -0.39 is 6.10 Å². The number of carbonyl (C=O) groups is 1. The summed E-state index contributed by atoms with van der Waals surface area (Å²) in [5.41, 5.74) is 1.98. The van der Waals surface area contributed by atoms with E-state index in [0.29, 0.717) is 29.6 Å². The summed E-state index contributed by atoms with van der Waals surface area (Å²) in [5.74, 6) is 2.03. The van der Waals surface area contributed by atoms with E-state index >= 15 is 0 Å². The van der Waals surface area contributed by atoms with Crippen molar-refractivity contribution in [1.82, 2.24) is 5.32 Å². The van der Waals surface area contributed by atoms with Gasteiger partial charge in [0.2, 0.25) is 0 Å². The maximum absolute atomic E-state index is 13.1. The van der Waals surface area contributed by atoms with Crippen molar-refractivity contribution in [2.75, 3.05) is 0 Å². The van der Waals surface area contributed by atoms with Gasteiger partial charge in [-0.2, -0.15) is 0 Å². The molecule has 4 unspecified atom stereocenters. The number of benzene rings is 1. The van der Waals surface area contributed by atoms with Crippen LogP contribution in [0.25, 0.3) is 11.0 Å². The second-order valence-electron chi connectivity index (χ2n) is 10.3. The SMILES string of the molecule is Cc1c(C(=O)NC2CCCC(C)C2C)oc2ccc3c(c12)C(O)CC1(CCCCC1)O3. The van der Waals surface area contributed by atoms with Crippen molar-refractivity contribution in [3.05, 3.63) is 29.0 Å². The Labute approximate surface area is 184 Å². The summed E-state index contributed by atoms with van der Waals surface area (Å²) in [6.45, 7) is 6.42. The lowest BCUT2D eigenvalue weighted by Crippen LogP contribution is -2.43. The van der Waals surface area contributed by atoms with Gasteiger partial charge in [-0.15, -0.1) is 0 Å². The van der Waals surface area contributed by atoms with Crippen LogP contribution in [0.2, 0.25) is 0 Å². The molecule has 168 valence electrons. The first-order chi connectivity index (χ1) is 14.9. The number of nitrogens with one attached hydrogen (secondary N) is 1. The van der Waals surface area contributed by atoms with Crippen LogP contribution >= 0.6 is 0 Å². The fourth-order valence-electron chi connectivity index (χ4n) is 6.24. The number of aryl methyl sites for hydroxylation is 1. The topological polar surface area (TPSA) is 71.7 Å². The highest BCUT2D eigenvalue weighted by molar-refractivity contribution is 6.00. The van der Waals surface area contributed by atoms with Crippen LogP contribution in [0.5, 0.6) is 5.75 Å². The molecule has 3 aliphatic rings. The van der Waals surface area contributed by atoms with E-state index in [1.54, 1.807) is 0 Å². The van der Waals surface area contributed by atoms with Gasteiger partial charge >= 0.3 is 0 Å². The molecule has 1 aromatic carbocycles. The summed E-state index contributed by atoms with van der Waals surface area (Å²) in [6, 6.07) is 3.97. The third-order valence-corrected chi connectivity index (χ3v) is 8.31. The number of amides is 1. The van der Waals surface area contributed by atoms with E-state index in [1.165, 1.54) is 12.8 Å². The summed E-state index contributed by atoms with van der Waals surface area (Å²) in [7, 11) is 0. The van der Waals surface area contributed by atoms with Crippen molar-refractivity contribution in [2.24, 2.45) is 11.8 Å². The van der Waals surface area contributed by atoms with Crippen LogP contribution in [0.15, 0.2) is 16.5 Å². The van der Waals surface area contributed by atoms with E-state index in [1.807, 2.05) is 19.1 Å². The minimum Gasteiger partial charge on any atom is -0.487 e. The zero-order valence-electron chi connectivity index (χ0n) is 19.0. The normalized spacial score (nSPS) is 30.1. The maximum atomic E-state index is 13.1. The van der Waals surface area contributed by atoms with Crippen molar-refractivity contribution in [3.8, 4) is 5.75 Å². The Morgan fingerprint density at radius 2 is 1.90 bits per heavy atom. The molecule has 2 heterocycles. The molecule has 2 fully saturated rings. The van der Waals surface area contributed by atoms with Gasteiger partial charge in [0.1, 0.15) is 16.9 Å². The summed E-state index contributed by atoms with van der Waals surface area (Å²) in [4.78, 5) is 13.1. The predicted octanol–water partition coefficient (Wildman–Crippen LogP) is 5.81. The highest BCUT2D eigenvalue weighted by atomic mass is 16.5. The lowest BCUT2D eigenvalue weighted by molar-refractivity contribution is -0.0373. The summed E-state index contributed by atoms with van der Waals surface area (Å²) in [6.07, 6.45) is 8.94. The predicted molar refractivity (Wildman–Crippen MR) is 120 cm³/mol. The summed E-state index contributed by atoms with van der Waals surface area (Å²) < 4.78 is 12.5. The van der Waals surface area contributed by atoms with Gasteiger partial charge in [-0.3, -0.25) is 4.79 Å². The van der Waals surface area contributed by atoms with E-state index in [9.17, 15) is 9.90 Å². The molecule has 2 saturated carbocycles. The van der Waals surface area contributed by atoms with Gasteiger partial charge < -0.3 is 19.6 Å². The van der Waals surface area contributed by atoms with Gasteiger partial charge in [0.15, 0.2) is 5.76 Å². The van der Waals surface area contributed by atoms with Crippen molar-refractivity contribution in [3.63, 3.8) is 0 Å². The molecule has 2 aliphatic carbocycles. The first-order valence-electron chi connectivity index (χ1n) is 12.1. The Morgan fingerprint density at radius 3 is 2.68 bits per heavy atom. The van der Waals surface area contributed by atoms with E-state index in [-0.39, 0.29) is 17.6 Å². The Kier molecular flexibility index (Phi) is 5.28. The molecule has 0 bridgehead atoms. The van der Waals surface area contributed by atoms with Crippen LogP contribution in [-0.4, -0.2) is 22.7 Å². The first kappa shape index (κ1) is 20.9. The number of carbonyl (C=O) groups excluding carboxylic acids is 1. The van der Waals surface area contributed by atoms with Gasteiger partial charge in [0.25, 0.3) is 5.91 Å². The minimum atomic E-state index is -0.600. The van der Waals surface area contributed by atoms with Gasteiger partial charge in [-0.05, 0) is 63.0 Å². The maximum Gasteiger partial charge on any atom is 0.287 e. The molecule has 5 nitrogen and oxygen atoms in total. The lowest BCUT2D eigenvalue weighted by Gasteiger charge is -2.43. The van der Waals surface area contributed by atoms with Crippen LogP contribution in [-0.2, 0) is 0 Å². The van der Waals surface area contributed by atoms with Crippen molar-refractivity contribution in [2.45, 2.75) is 96.3 Å². The lowest BCUT2D eigenvalue weighted by atomic mass is 9.77. The molecule has 31 heavy (non-hydrogen) atoms. The molecule has 5 rings (SSSR count). The third-order valence-electron chi connectivity index (χ3n) is 8.31. The molecular weight excluding hydrogens is 390 g/mol. The Morgan fingerprint density at radius 1 is 1.13 bits per heavy atom. The van der Waals surface area contributed by atoms with Crippen LogP contribution < -0.4 is 10.1 Å². The average molecular weight is 426 g/mol. The fraction of sp³-hybridized carbons (Fsp3) is 0.654. The van der Waals surface area contributed by atoms with Crippen molar-refractivity contribution < 1.29 is 19.1 Å². The van der Waals surface area contributed by atoms with Crippen LogP contribution in [0.3, 0.4) is 0 Å².